The smallest absolute Gasteiger partial charge is 0.194 e. The molecule has 30 heavy (non-hydrogen) atoms. The highest BCUT2D eigenvalue weighted by Gasteiger charge is 2.24. The molecule has 1 saturated heterocycles. The van der Waals surface area contributed by atoms with Crippen molar-refractivity contribution in [3.05, 3.63) is 53.9 Å². The van der Waals surface area contributed by atoms with Crippen molar-refractivity contribution in [1.29, 1.82) is 0 Å². The monoisotopic (exact) mass is 527 g/mol. The van der Waals surface area contributed by atoms with Crippen LogP contribution in [0, 0.1) is 5.92 Å². The van der Waals surface area contributed by atoms with Gasteiger partial charge in [0.25, 0.3) is 0 Å². The van der Waals surface area contributed by atoms with Crippen molar-refractivity contribution in [3.63, 3.8) is 0 Å². The molecule has 0 radical (unpaired) electrons. The van der Waals surface area contributed by atoms with Crippen molar-refractivity contribution in [3.8, 4) is 0 Å². The number of nitrogens with zero attached hydrogens (tertiary/aromatic N) is 4. The Balaban J connectivity index is 0.00000320. The highest BCUT2D eigenvalue weighted by molar-refractivity contribution is 14.0. The molecule has 1 fully saturated rings. The van der Waals surface area contributed by atoms with Crippen LogP contribution in [0.4, 0.5) is 0 Å². The van der Waals surface area contributed by atoms with Gasteiger partial charge in [0.1, 0.15) is 0 Å². The minimum Gasteiger partial charge on any atom is -0.382 e. The molecular formula is C22H34IN5O2. The van der Waals surface area contributed by atoms with E-state index in [-0.39, 0.29) is 24.0 Å². The summed E-state index contributed by atoms with van der Waals surface area (Å²) >= 11 is 0. The fourth-order valence-corrected chi connectivity index (χ4v) is 3.55. The number of hydrogen-bond donors (Lipinski definition) is 1. The van der Waals surface area contributed by atoms with Crippen molar-refractivity contribution in [2.24, 2.45) is 10.9 Å². The van der Waals surface area contributed by atoms with Crippen LogP contribution >= 0.6 is 24.0 Å². The summed E-state index contributed by atoms with van der Waals surface area (Å²) in [7, 11) is 1.70. The molecule has 0 spiro atoms. The lowest BCUT2D eigenvalue weighted by Gasteiger charge is -2.21. The van der Waals surface area contributed by atoms with E-state index >= 15 is 0 Å². The summed E-state index contributed by atoms with van der Waals surface area (Å²) in [5.41, 5.74) is 2.45. The zero-order valence-corrected chi connectivity index (χ0v) is 20.3. The van der Waals surface area contributed by atoms with E-state index in [1.54, 1.807) is 7.11 Å². The fraction of sp³-hybridized carbons (Fsp3) is 0.545. The Hall–Kier alpha value is -1.65. The minimum absolute atomic E-state index is 0. The number of benzene rings is 1. The molecule has 1 unspecified atom stereocenters. The van der Waals surface area contributed by atoms with Crippen LogP contribution in [-0.2, 0) is 22.6 Å². The molecule has 1 aromatic carbocycles. The van der Waals surface area contributed by atoms with Gasteiger partial charge < -0.3 is 19.7 Å². The Labute approximate surface area is 196 Å². The molecule has 166 valence electrons. The number of halogens is 1. The van der Waals surface area contributed by atoms with Gasteiger partial charge in [-0.15, -0.1) is 24.0 Å². The standard InChI is InChI=1S/C22H33N5O2.HI/c1-3-23-22(26-11-8-21(16-26)18-29-13-12-28-2)24-15-19-6-4-7-20(14-19)17-27-10-5-9-25-27;/h4-7,9-10,14,21H,3,8,11-13,15-18H2,1-2H3,(H,23,24);1H. The lowest BCUT2D eigenvalue weighted by Crippen LogP contribution is -2.40. The number of aliphatic imine (C=N–C) groups is 1. The number of methoxy groups -OCH3 is 1. The highest BCUT2D eigenvalue weighted by Crippen LogP contribution is 2.17. The zero-order chi connectivity index (χ0) is 20.3. The van der Waals surface area contributed by atoms with E-state index in [1.165, 1.54) is 11.1 Å². The summed E-state index contributed by atoms with van der Waals surface area (Å²) < 4.78 is 12.7. The second kappa shape index (κ2) is 13.6. The molecule has 0 saturated carbocycles. The van der Waals surface area contributed by atoms with Crippen molar-refractivity contribution >= 4 is 29.9 Å². The predicted octanol–water partition coefficient (Wildman–Crippen LogP) is 3.00. The van der Waals surface area contributed by atoms with E-state index in [9.17, 15) is 0 Å². The van der Waals surface area contributed by atoms with Crippen molar-refractivity contribution in [1.82, 2.24) is 20.0 Å². The molecule has 1 atom stereocenters. The van der Waals surface area contributed by atoms with Crippen LogP contribution in [0.2, 0.25) is 0 Å². The van der Waals surface area contributed by atoms with Gasteiger partial charge in [-0.05, 0) is 30.5 Å². The van der Waals surface area contributed by atoms with Crippen LogP contribution in [0.25, 0.3) is 0 Å². The number of rotatable bonds is 10. The molecule has 0 bridgehead atoms. The average Bonchev–Trinajstić information content (AvgIpc) is 3.41. The van der Waals surface area contributed by atoms with Gasteiger partial charge in [-0.2, -0.15) is 5.10 Å². The summed E-state index contributed by atoms with van der Waals surface area (Å²) in [5, 5.41) is 7.73. The second-order valence-corrected chi connectivity index (χ2v) is 7.36. The number of ether oxygens (including phenoxy) is 2. The Morgan fingerprint density at radius 2 is 2.13 bits per heavy atom. The molecule has 0 aliphatic carbocycles. The molecule has 1 N–H and O–H groups in total. The SMILES string of the molecule is CCNC(=NCc1cccc(Cn2cccn2)c1)N1CCC(COCCOC)C1.I. The number of guanidine groups is 1. The Morgan fingerprint density at radius 1 is 1.27 bits per heavy atom. The topological polar surface area (TPSA) is 63.9 Å². The molecule has 1 aliphatic heterocycles. The maximum atomic E-state index is 5.71. The first-order valence-electron chi connectivity index (χ1n) is 10.4. The van der Waals surface area contributed by atoms with Crippen LogP contribution in [0.3, 0.4) is 0 Å². The third kappa shape index (κ3) is 7.88. The third-order valence-electron chi connectivity index (χ3n) is 5.01. The van der Waals surface area contributed by atoms with Gasteiger partial charge in [-0.1, -0.05) is 24.3 Å². The zero-order valence-electron chi connectivity index (χ0n) is 18.0. The van der Waals surface area contributed by atoms with E-state index in [1.807, 2.05) is 23.1 Å². The summed E-state index contributed by atoms with van der Waals surface area (Å²) in [5.74, 6) is 1.54. The number of likely N-dealkylation sites (tertiary alicyclic amines) is 1. The van der Waals surface area contributed by atoms with Gasteiger partial charge in [0.15, 0.2) is 5.96 Å². The summed E-state index contributed by atoms with van der Waals surface area (Å²) in [6, 6.07) is 10.5. The molecular weight excluding hydrogens is 493 g/mol. The lowest BCUT2D eigenvalue weighted by atomic mass is 10.1. The molecule has 3 rings (SSSR count). The molecule has 2 heterocycles. The Kier molecular flexibility index (Phi) is 11.2. The highest BCUT2D eigenvalue weighted by atomic mass is 127. The van der Waals surface area contributed by atoms with Crippen LogP contribution in [-0.4, -0.2) is 67.2 Å². The Bertz CT molecular complexity index is 754. The second-order valence-electron chi connectivity index (χ2n) is 7.36. The maximum absolute atomic E-state index is 5.71. The average molecular weight is 527 g/mol. The van der Waals surface area contributed by atoms with Gasteiger partial charge in [0.05, 0.1) is 32.9 Å². The molecule has 7 nitrogen and oxygen atoms in total. The summed E-state index contributed by atoms with van der Waals surface area (Å²) in [6.45, 7) is 8.53. The van der Waals surface area contributed by atoms with E-state index in [4.69, 9.17) is 14.5 Å². The first-order chi connectivity index (χ1) is 14.3. The molecule has 8 heteroatoms. The van der Waals surface area contributed by atoms with E-state index in [2.05, 4.69) is 46.5 Å². The predicted molar refractivity (Wildman–Crippen MR) is 130 cm³/mol. The lowest BCUT2D eigenvalue weighted by molar-refractivity contribution is 0.0536. The molecule has 1 aliphatic rings. The molecule has 1 aromatic heterocycles. The van der Waals surface area contributed by atoms with E-state index in [0.717, 1.165) is 45.2 Å². The van der Waals surface area contributed by atoms with Crippen molar-refractivity contribution < 1.29 is 9.47 Å². The molecule has 0 amide bonds. The largest absolute Gasteiger partial charge is 0.382 e. The number of hydrogen-bond acceptors (Lipinski definition) is 4. The first-order valence-corrected chi connectivity index (χ1v) is 10.4. The van der Waals surface area contributed by atoms with Crippen LogP contribution < -0.4 is 5.32 Å². The quantitative estimate of drug-likeness (QED) is 0.223. The normalized spacial score (nSPS) is 16.5. The first kappa shape index (κ1) is 24.6. The van der Waals surface area contributed by atoms with Crippen LogP contribution in [0.1, 0.15) is 24.5 Å². The van der Waals surface area contributed by atoms with E-state index in [0.29, 0.717) is 25.7 Å². The fourth-order valence-electron chi connectivity index (χ4n) is 3.55. The van der Waals surface area contributed by atoms with Crippen molar-refractivity contribution in [2.75, 3.05) is 46.6 Å². The van der Waals surface area contributed by atoms with E-state index < -0.39 is 0 Å². The Morgan fingerprint density at radius 3 is 2.90 bits per heavy atom. The van der Waals surface area contributed by atoms with Gasteiger partial charge in [-0.25, -0.2) is 4.99 Å². The van der Waals surface area contributed by atoms with Gasteiger partial charge in [-0.3, -0.25) is 4.68 Å². The van der Waals surface area contributed by atoms with Gasteiger partial charge in [0.2, 0.25) is 0 Å². The van der Waals surface area contributed by atoms with Gasteiger partial charge in [0, 0.05) is 45.1 Å². The van der Waals surface area contributed by atoms with Crippen LogP contribution in [0.5, 0.6) is 0 Å². The van der Waals surface area contributed by atoms with Crippen LogP contribution in [0.15, 0.2) is 47.7 Å². The molecule has 2 aromatic rings. The maximum Gasteiger partial charge on any atom is 0.194 e. The number of nitrogens with one attached hydrogen (secondary N) is 1. The van der Waals surface area contributed by atoms with Gasteiger partial charge >= 0.3 is 0 Å². The minimum atomic E-state index is 0. The number of aromatic nitrogens is 2. The third-order valence-corrected chi connectivity index (χ3v) is 5.01. The summed E-state index contributed by atoms with van der Waals surface area (Å²) in [4.78, 5) is 7.24. The van der Waals surface area contributed by atoms with Crippen molar-refractivity contribution in [2.45, 2.75) is 26.4 Å². The summed E-state index contributed by atoms with van der Waals surface area (Å²) in [6.07, 6.45) is 4.93.